The van der Waals surface area contributed by atoms with Crippen molar-refractivity contribution >= 4 is 11.6 Å². The summed E-state index contributed by atoms with van der Waals surface area (Å²) in [5.41, 5.74) is 1.00. The number of alkyl halides is 3. The molecule has 1 amide bonds. The Kier molecular flexibility index (Phi) is 4.02. The van der Waals surface area contributed by atoms with Crippen LogP contribution in [0, 0.1) is 0 Å². The molecule has 0 saturated heterocycles. The van der Waals surface area contributed by atoms with Crippen LogP contribution in [0.15, 0.2) is 36.2 Å². The first-order valence-corrected chi connectivity index (χ1v) is 6.23. The van der Waals surface area contributed by atoms with Crippen molar-refractivity contribution in [3.8, 4) is 0 Å². The minimum absolute atomic E-state index is 0.158. The molecule has 0 saturated carbocycles. The molecule has 0 radical (unpaired) electrons. The van der Waals surface area contributed by atoms with Crippen molar-refractivity contribution in [1.29, 1.82) is 0 Å². The molecule has 0 fully saturated rings. The van der Waals surface area contributed by atoms with Crippen LogP contribution in [-0.4, -0.2) is 15.3 Å². The predicted molar refractivity (Wildman–Crippen MR) is 71.5 cm³/mol. The van der Waals surface area contributed by atoms with Gasteiger partial charge in [0, 0.05) is 18.5 Å². The SMILES string of the molecule is CC(C)=CC(=O)NCc1cn2cc(C(F)(F)F)ccc2n1. The lowest BCUT2D eigenvalue weighted by Crippen LogP contribution is -2.20. The van der Waals surface area contributed by atoms with E-state index in [1.54, 1.807) is 13.8 Å². The molecule has 0 aliphatic heterocycles. The summed E-state index contributed by atoms with van der Waals surface area (Å²) in [5.74, 6) is -0.261. The van der Waals surface area contributed by atoms with Gasteiger partial charge in [0.2, 0.25) is 5.91 Å². The Hall–Kier alpha value is -2.31. The van der Waals surface area contributed by atoms with E-state index in [-0.39, 0.29) is 12.5 Å². The number of pyridine rings is 1. The summed E-state index contributed by atoms with van der Waals surface area (Å²) in [6.45, 7) is 3.75. The number of nitrogens with one attached hydrogen (secondary N) is 1. The third-order valence-corrected chi connectivity index (χ3v) is 2.69. The van der Waals surface area contributed by atoms with Gasteiger partial charge >= 0.3 is 6.18 Å². The highest BCUT2D eigenvalue weighted by molar-refractivity contribution is 5.87. The summed E-state index contributed by atoms with van der Waals surface area (Å²) in [6, 6.07) is 2.28. The van der Waals surface area contributed by atoms with E-state index in [4.69, 9.17) is 0 Å². The number of carbonyl (C=O) groups is 1. The molecular formula is C14H14F3N3O. The van der Waals surface area contributed by atoms with Crippen LogP contribution >= 0.6 is 0 Å². The van der Waals surface area contributed by atoms with Crippen molar-refractivity contribution < 1.29 is 18.0 Å². The summed E-state index contributed by atoms with van der Waals surface area (Å²) < 4.78 is 39.1. The summed E-state index contributed by atoms with van der Waals surface area (Å²) >= 11 is 0. The van der Waals surface area contributed by atoms with Gasteiger partial charge in [0.15, 0.2) is 0 Å². The fraction of sp³-hybridized carbons (Fsp3) is 0.286. The van der Waals surface area contributed by atoms with Gasteiger partial charge < -0.3 is 9.72 Å². The maximum atomic E-state index is 12.6. The minimum atomic E-state index is -4.39. The third-order valence-electron chi connectivity index (χ3n) is 2.69. The monoisotopic (exact) mass is 297 g/mol. The van der Waals surface area contributed by atoms with Gasteiger partial charge in [-0.3, -0.25) is 4.79 Å². The number of allylic oxidation sites excluding steroid dienone is 1. The molecule has 0 aliphatic rings. The summed E-state index contributed by atoms with van der Waals surface area (Å²) in [4.78, 5) is 15.6. The van der Waals surface area contributed by atoms with Gasteiger partial charge in [-0.1, -0.05) is 5.57 Å². The van der Waals surface area contributed by atoms with Gasteiger partial charge in [0.1, 0.15) is 5.65 Å². The van der Waals surface area contributed by atoms with Crippen LogP contribution in [0.5, 0.6) is 0 Å². The average molecular weight is 297 g/mol. The van der Waals surface area contributed by atoms with Gasteiger partial charge in [-0.15, -0.1) is 0 Å². The Morgan fingerprint density at radius 1 is 1.33 bits per heavy atom. The number of aromatic nitrogens is 2. The normalized spacial score (nSPS) is 11.5. The van der Waals surface area contributed by atoms with E-state index in [0.717, 1.165) is 17.8 Å². The summed E-state index contributed by atoms with van der Waals surface area (Å²) in [6.07, 6.45) is -0.509. The second kappa shape index (κ2) is 5.59. The zero-order valence-corrected chi connectivity index (χ0v) is 11.5. The molecule has 2 heterocycles. The molecule has 21 heavy (non-hydrogen) atoms. The highest BCUT2D eigenvalue weighted by Crippen LogP contribution is 2.29. The van der Waals surface area contributed by atoms with Gasteiger partial charge in [0.05, 0.1) is 17.8 Å². The molecule has 112 valence electrons. The first kappa shape index (κ1) is 15.1. The van der Waals surface area contributed by atoms with E-state index in [2.05, 4.69) is 10.3 Å². The van der Waals surface area contributed by atoms with Gasteiger partial charge in [0.25, 0.3) is 0 Å². The van der Waals surface area contributed by atoms with E-state index in [1.807, 2.05) is 0 Å². The second-order valence-corrected chi connectivity index (χ2v) is 4.85. The summed E-state index contributed by atoms with van der Waals surface area (Å²) in [7, 11) is 0. The molecule has 7 heteroatoms. The number of nitrogens with zero attached hydrogens (tertiary/aromatic N) is 2. The van der Waals surface area contributed by atoms with Crippen LogP contribution in [0.1, 0.15) is 25.1 Å². The zero-order chi connectivity index (χ0) is 15.6. The molecule has 0 unspecified atom stereocenters. The lowest BCUT2D eigenvalue weighted by atomic mass is 10.3. The molecular weight excluding hydrogens is 283 g/mol. The Labute approximate surface area is 119 Å². The first-order chi connectivity index (χ1) is 9.75. The fourth-order valence-electron chi connectivity index (χ4n) is 1.79. The van der Waals surface area contributed by atoms with E-state index in [1.165, 1.54) is 22.7 Å². The van der Waals surface area contributed by atoms with Gasteiger partial charge in [-0.05, 0) is 26.0 Å². The van der Waals surface area contributed by atoms with E-state index in [9.17, 15) is 18.0 Å². The fourth-order valence-corrected chi connectivity index (χ4v) is 1.79. The lowest BCUT2D eigenvalue weighted by Gasteiger charge is -2.05. The molecule has 0 aromatic carbocycles. The molecule has 0 aliphatic carbocycles. The minimum Gasteiger partial charge on any atom is -0.347 e. The van der Waals surface area contributed by atoms with Crippen LogP contribution in [-0.2, 0) is 17.5 Å². The number of imidazole rings is 1. The highest BCUT2D eigenvalue weighted by atomic mass is 19.4. The Bertz CT molecular complexity index is 697. The molecule has 0 spiro atoms. The second-order valence-electron chi connectivity index (χ2n) is 4.85. The molecule has 2 rings (SSSR count). The van der Waals surface area contributed by atoms with Crippen molar-refractivity contribution in [2.24, 2.45) is 0 Å². The Balaban J connectivity index is 2.16. The quantitative estimate of drug-likeness (QED) is 0.885. The standard InChI is InChI=1S/C14H14F3N3O/c1-9(2)5-13(21)18-6-11-8-20-7-10(14(15,16)17)3-4-12(20)19-11/h3-5,7-8H,6H2,1-2H3,(H,18,21). The predicted octanol–water partition coefficient (Wildman–Crippen LogP) is 2.94. The van der Waals surface area contributed by atoms with E-state index in [0.29, 0.717) is 11.3 Å². The van der Waals surface area contributed by atoms with Crippen LogP contribution in [0.2, 0.25) is 0 Å². The van der Waals surface area contributed by atoms with Gasteiger partial charge in [-0.25, -0.2) is 4.98 Å². The number of fused-ring (bicyclic) bond motifs is 1. The third kappa shape index (κ3) is 3.84. The highest BCUT2D eigenvalue weighted by Gasteiger charge is 2.30. The lowest BCUT2D eigenvalue weighted by molar-refractivity contribution is -0.137. The van der Waals surface area contributed by atoms with Crippen LogP contribution in [0.4, 0.5) is 13.2 Å². The Morgan fingerprint density at radius 3 is 2.67 bits per heavy atom. The topological polar surface area (TPSA) is 46.4 Å². The molecule has 0 atom stereocenters. The Morgan fingerprint density at radius 2 is 2.05 bits per heavy atom. The molecule has 2 aromatic rings. The number of amides is 1. The van der Waals surface area contributed by atoms with Crippen molar-refractivity contribution in [3.05, 3.63) is 47.4 Å². The number of halogens is 3. The van der Waals surface area contributed by atoms with Crippen molar-refractivity contribution in [2.75, 3.05) is 0 Å². The van der Waals surface area contributed by atoms with Gasteiger partial charge in [-0.2, -0.15) is 13.2 Å². The first-order valence-electron chi connectivity index (χ1n) is 6.23. The van der Waals surface area contributed by atoms with Crippen LogP contribution < -0.4 is 5.32 Å². The largest absolute Gasteiger partial charge is 0.417 e. The number of rotatable bonds is 3. The number of hydrogen-bond acceptors (Lipinski definition) is 2. The average Bonchev–Trinajstić information content (AvgIpc) is 2.76. The molecule has 2 aromatic heterocycles. The van der Waals surface area contributed by atoms with Crippen LogP contribution in [0.3, 0.4) is 0 Å². The maximum Gasteiger partial charge on any atom is 0.417 e. The maximum absolute atomic E-state index is 12.6. The van der Waals surface area contributed by atoms with E-state index < -0.39 is 11.7 Å². The van der Waals surface area contributed by atoms with Crippen molar-refractivity contribution in [3.63, 3.8) is 0 Å². The van der Waals surface area contributed by atoms with Crippen molar-refractivity contribution in [2.45, 2.75) is 26.6 Å². The van der Waals surface area contributed by atoms with Crippen LogP contribution in [0.25, 0.3) is 5.65 Å². The molecule has 0 bridgehead atoms. The molecule has 1 N–H and O–H groups in total. The number of hydrogen-bond donors (Lipinski definition) is 1. The van der Waals surface area contributed by atoms with E-state index >= 15 is 0 Å². The smallest absolute Gasteiger partial charge is 0.347 e. The molecule has 4 nitrogen and oxygen atoms in total. The summed E-state index contributed by atoms with van der Waals surface area (Å²) in [5, 5.41) is 2.62. The number of carbonyl (C=O) groups excluding carboxylic acids is 1. The van der Waals surface area contributed by atoms with Crippen molar-refractivity contribution in [1.82, 2.24) is 14.7 Å². The zero-order valence-electron chi connectivity index (χ0n) is 11.5.